The summed E-state index contributed by atoms with van der Waals surface area (Å²) in [6.45, 7) is 1.56. The highest BCUT2D eigenvalue weighted by Gasteiger charge is 1.82. The number of carbonyl (C=O) groups is 1. The zero-order valence-corrected chi connectivity index (χ0v) is 4.51. The van der Waals surface area contributed by atoms with Gasteiger partial charge in [-0.15, -0.1) is 0 Å². The van der Waals surface area contributed by atoms with E-state index in [1.54, 1.807) is 11.6 Å². The topological polar surface area (TPSA) is 32.3 Å². The van der Waals surface area contributed by atoms with Crippen molar-refractivity contribution in [3.8, 4) is 0 Å². The number of carbonyl (C=O) groups excluding carboxylic acids is 1. The smallest absolute Gasteiger partial charge is 0.208 e. The standard InChI is InChI=1S/C4H9N2O/c1-6(2)3-5-4-7/h3-4H,1-2H3,(H,5,7). The molecule has 0 saturated carbocycles. The minimum absolute atomic E-state index is 0.625. The number of hydrogen-bond acceptors (Lipinski definition) is 2. The van der Waals surface area contributed by atoms with Crippen molar-refractivity contribution in [1.82, 2.24) is 10.2 Å². The van der Waals surface area contributed by atoms with Gasteiger partial charge < -0.3 is 5.32 Å². The van der Waals surface area contributed by atoms with Crippen molar-refractivity contribution in [3.63, 3.8) is 0 Å². The fourth-order valence-corrected chi connectivity index (χ4v) is 0.180. The van der Waals surface area contributed by atoms with Crippen LogP contribution >= 0.6 is 0 Å². The van der Waals surface area contributed by atoms with Gasteiger partial charge in [0.2, 0.25) is 6.41 Å². The van der Waals surface area contributed by atoms with Crippen molar-refractivity contribution < 1.29 is 4.79 Å². The van der Waals surface area contributed by atoms with E-state index in [0.717, 1.165) is 0 Å². The molecule has 0 spiro atoms. The average molecular weight is 101 g/mol. The second-order valence-corrected chi connectivity index (χ2v) is 1.38. The molecule has 0 aromatic rings. The van der Waals surface area contributed by atoms with Gasteiger partial charge in [-0.05, 0) is 14.1 Å². The van der Waals surface area contributed by atoms with Crippen LogP contribution in [0.5, 0.6) is 0 Å². The van der Waals surface area contributed by atoms with Crippen molar-refractivity contribution in [2.45, 2.75) is 0 Å². The Morgan fingerprint density at radius 2 is 2.14 bits per heavy atom. The van der Waals surface area contributed by atoms with E-state index in [9.17, 15) is 4.79 Å². The largest absolute Gasteiger partial charge is 0.340 e. The summed E-state index contributed by atoms with van der Waals surface area (Å²) in [7, 11) is 3.66. The monoisotopic (exact) mass is 101 g/mol. The molecule has 0 aliphatic heterocycles. The Bertz CT molecular complexity index is 53.7. The molecule has 3 nitrogen and oxygen atoms in total. The molecule has 7 heavy (non-hydrogen) atoms. The molecule has 1 radical (unpaired) electrons. The van der Waals surface area contributed by atoms with Crippen LogP contribution in [0.15, 0.2) is 0 Å². The molecular weight excluding hydrogens is 92.1 g/mol. The SMILES string of the molecule is CN(C)[CH]NC=O. The Morgan fingerprint density at radius 1 is 1.57 bits per heavy atom. The van der Waals surface area contributed by atoms with E-state index in [1.165, 1.54) is 0 Å². The van der Waals surface area contributed by atoms with Gasteiger partial charge in [-0.2, -0.15) is 0 Å². The second kappa shape index (κ2) is 3.61. The van der Waals surface area contributed by atoms with Crippen LogP contribution in [-0.4, -0.2) is 25.4 Å². The van der Waals surface area contributed by atoms with E-state index in [4.69, 9.17) is 0 Å². The van der Waals surface area contributed by atoms with Crippen LogP contribution < -0.4 is 5.32 Å². The summed E-state index contributed by atoms with van der Waals surface area (Å²) in [5, 5.41) is 2.37. The molecule has 0 heterocycles. The summed E-state index contributed by atoms with van der Waals surface area (Å²) in [5.74, 6) is 0. The third-order valence-electron chi connectivity index (χ3n) is 0.401. The van der Waals surface area contributed by atoms with Crippen LogP contribution in [0.25, 0.3) is 0 Å². The Hall–Kier alpha value is -0.570. The normalized spacial score (nSPS) is 9.00. The summed E-state index contributed by atoms with van der Waals surface area (Å²) < 4.78 is 0. The van der Waals surface area contributed by atoms with Crippen molar-refractivity contribution in [2.24, 2.45) is 0 Å². The van der Waals surface area contributed by atoms with Gasteiger partial charge in [0.15, 0.2) is 0 Å². The highest BCUT2D eigenvalue weighted by Crippen LogP contribution is 1.69. The summed E-state index contributed by atoms with van der Waals surface area (Å²) in [5.41, 5.74) is 0. The van der Waals surface area contributed by atoms with Crippen molar-refractivity contribution in [1.29, 1.82) is 0 Å². The number of nitrogens with one attached hydrogen (secondary N) is 1. The van der Waals surface area contributed by atoms with E-state index in [1.807, 2.05) is 14.1 Å². The molecule has 1 amide bonds. The number of rotatable bonds is 3. The molecule has 0 aliphatic rings. The summed E-state index contributed by atoms with van der Waals surface area (Å²) in [6, 6.07) is 0. The molecule has 41 valence electrons. The van der Waals surface area contributed by atoms with Gasteiger partial charge in [0.1, 0.15) is 6.67 Å². The van der Waals surface area contributed by atoms with Crippen LogP contribution in [-0.2, 0) is 4.79 Å². The Labute approximate surface area is 43.3 Å². The summed E-state index contributed by atoms with van der Waals surface area (Å²) in [6.07, 6.45) is 0.625. The molecule has 0 aromatic carbocycles. The number of hydrogen-bond donors (Lipinski definition) is 1. The molecule has 1 N–H and O–H groups in total. The van der Waals surface area contributed by atoms with Crippen LogP contribution in [0.4, 0.5) is 0 Å². The summed E-state index contributed by atoms with van der Waals surface area (Å²) in [4.78, 5) is 11.3. The first-order valence-electron chi connectivity index (χ1n) is 1.97. The van der Waals surface area contributed by atoms with Crippen LogP contribution in [0.1, 0.15) is 0 Å². The lowest BCUT2D eigenvalue weighted by molar-refractivity contribution is -0.109. The highest BCUT2D eigenvalue weighted by atomic mass is 16.1. The Kier molecular flexibility index (Phi) is 3.32. The van der Waals surface area contributed by atoms with Crippen LogP contribution in [0, 0.1) is 6.67 Å². The molecular formula is C4H9N2O. The predicted molar refractivity (Wildman–Crippen MR) is 27.2 cm³/mol. The molecule has 0 bridgehead atoms. The minimum Gasteiger partial charge on any atom is -0.340 e. The molecule has 0 fully saturated rings. The quantitative estimate of drug-likeness (QED) is 0.482. The van der Waals surface area contributed by atoms with E-state index in [0.29, 0.717) is 6.41 Å². The first kappa shape index (κ1) is 6.43. The lowest BCUT2D eigenvalue weighted by atomic mass is 10.9. The molecule has 3 heteroatoms. The van der Waals surface area contributed by atoms with Crippen molar-refractivity contribution in [2.75, 3.05) is 14.1 Å². The molecule has 0 aliphatic carbocycles. The zero-order valence-electron chi connectivity index (χ0n) is 4.51. The lowest BCUT2D eigenvalue weighted by Crippen LogP contribution is -2.19. The second-order valence-electron chi connectivity index (χ2n) is 1.38. The van der Waals surface area contributed by atoms with E-state index >= 15 is 0 Å². The fraction of sp³-hybridized carbons (Fsp3) is 0.500. The minimum atomic E-state index is 0.625. The molecule has 0 unspecified atom stereocenters. The Balaban J connectivity index is 2.81. The van der Waals surface area contributed by atoms with E-state index < -0.39 is 0 Å². The number of nitrogens with zero attached hydrogens (tertiary/aromatic N) is 1. The third kappa shape index (κ3) is 5.43. The van der Waals surface area contributed by atoms with Gasteiger partial charge in [0.25, 0.3) is 0 Å². The maximum atomic E-state index is 9.54. The van der Waals surface area contributed by atoms with Crippen LogP contribution in [0.3, 0.4) is 0 Å². The fourth-order valence-electron chi connectivity index (χ4n) is 0.180. The van der Waals surface area contributed by atoms with Gasteiger partial charge in [-0.3, -0.25) is 9.69 Å². The third-order valence-corrected chi connectivity index (χ3v) is 0.401. The highest BCUT2D eigenvalue weighted by molar-refractivity contribution is 5.46. The van der Waals surface area contributed by atoms with E-state index in [2.05, 4.69) is 5.32 Å². The first-order valence-corrected chi connectivity index (χ1v) is 1.97. The average Bonchev–Trinajstić information content (AvgIpc) is 1.61. The zero-order chi connectivity index (χ0) is 5.70. The van der Waals surface area contributed by atoms with Crippen molar-refractivity contribution >= 4 is 6.41 Å². The first-order chi connectivity index (χ1) is 3.27. The van der Waals surface area contributed by atoms with Crippen LogP contribution in [0.2, 0.25) is 0 Å². The van der Waals surface area contributed by atoms with Gasteiger partial charge in [0.05, 0.1) is 0 Å². The van der Waals surface area contributed by atoms with Crippen molar-refractivity contribution in [3.05, 3.63) is 6.67 Å². The van der Waals surface area contributed by atoms with E-state index in [-0.39, 0.29) is 0 Å². The maximum absolute atomic E-state index is 9.54. The van der Waals surface area contributed by atoms with Gasteiger partial charge in [-0.25, -0.2) is 0 Å². The lowest BCUT2D eigenvalue weighted by Gasteiger charge is -2.04. The Morgan fingerprint density at radius 3 is 2.29 bits per heavy atom. The molecule has 0 rings (SSSR count). The summed E-state index contributed by atoms with van der Waals surface area (Å²) >= 11 is 0. The molecule has 0 atom stereocenters. The molecule has 0 saturated heterocycles. The molecule has 0 aromatic heterocycles. The predicted octanol–water partition coefficient (Wildman–Crippen LogP) is -0.587. The van der Waals surface area contributed by atoms with Gasteiger partial charge in [-0.1, -0.05) is 0 Å². The number of amides is 1. The van der Waals surface area contributed by atoms with Gasteiger partial charge in [0, 0.05) is 0 Å². The van der Waals surface area contributed by atoms with Gasteiger partial charge >= 0.3 is 0 Å². The maximum Gasteiger partial charge on any atom is 0.208 e.